The third-order valence-electron chi connectivity index (χ3n) is 9.86. The Balaban J connectivity index is 1.24. The van der Waals surface area contributed by atoms with E-state index in [0.29, 0.717) is 5.92 Å². The predicted molar refractivity (Wildman–Crippen MR) is 193 cm³/mol. The van der Waals surface area contributed by atoms with Crippen LogP contribution in [0, 0.1) is 0 Å². The lowest BCUT2D eigenvalue weighted by Gasteiger charge is -2.19. The highest BCUT2D eigenvalue weighted by molar-refractivity contribution is 7.26. The van der Waals surface area contributed by atoms with Crippen molar-refractivity contribution in [2.24, 2.45) is 0 Å². The topological polar surface area (TPSA) is 0 Å². The van der Waals surface area contributed by atoms with Gasteiger partial charge in [-0.2, -0.15) is 0 Å². The molecule has 0 bridgehead atoms. The molecule has 0 aliphatic heterocycles. The molecule has 1 heterocycles. The summed E-state index contributed by atoms with van der Waals surface area (Å²) in [5.41, 5.74) is 8.28. The van der Waals surface area contributed by atoms with Crippen molar-refractivity contribution in [1.82, 2.24) is 0 Å². The molecule has 210 valence electrons. The largest absolute Gasteiger partial charge is 0.135 e. The summed E-state index contributed by atoms with van der Waals surface area (Å²) >= 11 is 1.96. The molecule has 0 saturated heterocycles. The first kappa shape index (κ1) is 25.7. The molecule has 0 N–H and O–H groups in total. The molecule has 8 aromatic rings. The van der Waals surface area contributed by atoms with Crippen molar-refractivity contribution in [3.05, 3.63) is 145 Å². The van der Waals surface area contributed by atoms with E-state index in [4.69, 9.17) is 0 Å². The Morgan fingerprint density at radius 3 is 1.91 bits per heavy atom. The second kappa shape index (κ2) is 10.2. The summed E-state index contributed by atoms with van der Waals surface area (Å²) in [6, 6.07) is 45.6. The lowest BCUT2D eigenvalue weighted by Crippen LogP contribution is -2.00. The average Bonchev–Trinajstić information content (AvgIpc) is 3.46. The van der Waals surface area contributed by atoms with E-state index in [1.54, 1.807) is 0 Å². The smallest absolute Gasteiger partial charge is 0.0396 e. The molecule has 1 unspecified atom stereocenters. The van der Waals surface area contributed by atoms with Crippen LogP contribution in [-0.4, -0.2) is 0 Å². The van der Waals surface area contributed by atoms with E-state index < -0.39 is 0 Å². The minimum absolute atomic E-state index is 0.541. The Labute approximate surface area is 261 Å². The van der Waals surface area contributed by atoms with E-state index in [-0.39, 0.29) is 0 Å². The van der Waals surface area contributed by atoms with Gasteiger partial charge < -0.3 is 0 Å². The van der Waals surface area contributed by atoms with E-state index in [1.165, 1.54) is 92.3 Å². The van der Waals surface area contributed by atoms with Gasteiger partial charge >= 0.3 is 0 Å². The van der Waals surface area contributed by atoms with Gasteiger partial charge in [-0.25, -0.2) is 0 Å². The highest BCUT2D eigenvalue weighted by Gasteiger charge is 2.19. The molecule has 1 aromatic heterocycles. The van der Waals surface area contributed by atoms with Crippen LogP contribution in [0.2, 0.25) is 0 Å². The molecular formula is C43H32S. The quantitative estimate of drug-likeness (QED) is 0.134. The monoisotopic (exact) mass is 580 g/mol. The first-order chi connectivity index (χ1) is 21.7. The molecule has 0 radical (unpaired) electrons. The first-order valence-electron chi connectivity index (χ1n) is 15.8. The molecule has 0 nitrogen and oxygen atoms in total. The van der Waals surface area contributed by atoms with Crippen LogP contribution in [0.5, 0.6) is 0 Å². The Hall–Kier alpha value is -4.72. The highest BCUT2D eigenvalue weighted by Crippen LogP contribution is 2.44. The van der Waals surface area contributed by atoms with Crippen LogP contribution in [0.4, 0.5) is 0 Å². The predicted octanol–water partition coefficient (Wildman–Crippen LogP) is 12.8. The van der Waals surface area contributed by atoms with Crippen molar-refractivity contribution in [2.75, 3.05) is 0 Å². The second-order valence-corrected chi connectivity index (χ2v) is 13.4. The zero-order chi connectivity index (χ0) is 29.2. The van der Waals surface area contributed by atoms with E-state index in [0.717, 1.165) is 12.8 Å². The minimum atomic E-state index is 0.541. The van der Waals surface area contributed by atoms with Gasteiger partial charge in [0.15, 0.2) is 0 Å². The summed E-state index contributed by atoms with van der Waals surface area (Å²) in [4.78, 5) is 0. The van der Waals surface area contributed by atoms with Gasteiger partial charge in [-0.05, 0) is 109 Å². The van der Waals surface area contributed by atoms with Crippen LogP contribution in [0.3, 0.4) is 0 Å². The van der Waals surface area contributed by atoms with Gasteiger partial charge in [0.2, 0.25) is 0 Å². The Kier molecular flexibility index (Phi) is 5.96. The van der Waals surface area contributed by atoms with Crippen molar-refractivity contribution < 1.29 is 0 Å². The zero-order valence-electron chi connectivity index (χ0n) is 24.8. The van der Waals surface area contributed by atoms with E-state index in [9.17, 15) is 0 Å². The van der Waals surface area contributed by atoms with Gasteiger partial charge in [0.25, 0.3) is 0 Å². The van der Waals surface area contributed by atoms with Gasteiger partial charge in [-0.15, -0.1) is 11.3 Å². The SMILES string of the molecule is CC1CCC=CCc2c(ccc3c2sc2ccc(-c4ccc5c6ccccc6c6ccccc6c5c4)cc23)-c2ccccc21. The number of hydrogen-bond acceptors (Lipinski definition) is 1. The van der Waals surface area contributed by atoms with Gasteiger partial charge in [0, 0.05) is 20.2 Å². The fraction of sp³-hybridized carbons (Fsp3) is 0.116. The molecule has 0 amide bonds. The molecule has 44 heavy (non-hydrogen) atoms. The molecule has 1 aliphatic carbocycles. The number of hydrogen-bond donors (Lipinski definition) is 0. The minimum Gasteiger partial charge on any atom is -0.135 e. The third-order valence-corrected chi connectivity index (χ3v) is 11.1. The maximum atomic E-state index is 2.43. The summed E-state index contributed by atoms with van der Waals surface area (Å²) in [5, 5.41) is 10.6. The number of thiophene rings is 1. The van der Waals surface area contributed by atoms with Crippen molar-refractivity contribution in [3.63, 3.8) is 0 Å². The van der Waals surface area contributed by atoms with Crippen molar-refractivity contribution >= 4 is 63.8 Å². The standard InChI is InChI=1S/C43H32S/c1-27-11-3-2-4-18-38-36(31-13-6-5-12-30(27)31)22-23-39-41-26-29(20-24-42(41)44-43(38)39)28-19-21-37-34-16-8-7-14-32(34)33-15-9-10-17-35(33)40(37)25-28/h2,4-10,12-17,19-27H,3,11,18H2,1H3. The molecule has 0 spiro atoms. The van der Waals surface area contributed by atoms with Gasteiger partial charge in [-0.1, -0.05) is 122 Å². The number of fused-ring (bicyclic) bond motifs is 13. The van der Waals surface area contributed by atoms with Gasteiger partial charge in [0.1, 0.15) is 0 Å². The van der Waals surface area contributed by atoms with Crippen molar-refractivity contribution in [1.29, 1.82) is 0 Å². The van der Waals surface area contributed by atoms with Gasteiger partial charge in [-0.3, -0.25) is 0 Å². The van der Waals surface area contributed by atoms with E-state index >= 15 is 0 Å². The third kappa shape index (κ3) is 3.96. The van der Waals surface area contributed by atoms with Crippen LogP contribution < -0.4 is 0 Å². The van der Waals surface area contributed by atoms with Gasteiger partial charge in [0.05, 0.1) is 0 Å². The van der Waals surface area contributed by atoms with Crippen LogP contribution >= 0.6 is 11.3 Å². The molecule has 1 aliphatic rings. The summed E-state index contributed by atoms with van der Waals surface area (Å²) in [5.74, 6) is 0.541. The molecule has 9 rings (SSSR count). The fourth-order valence-electron chi connectivity index (χ4n) is 7.61. The Bertz CT molecular complexity index is 2400. The van der Waals surface area contributed by atoms with E-state index in [1.807, 2.05) is 11.3 Å². The highest BCUT2D eigenvalue weighted by atomic mass is 32.1. The lowest BCUT2D eigenvalue weighted by molar-refractivity contribution is 0.691. The number of benzene rings is 7. The van der Waals surface area contributed by atoms with Crippen LogP contribution in [0.15, 0.2) is 133 Å². The summed E-state index contributed by atoms with van der Waals surface area (Å²) < 4.78 is 2.79. The summed E-state index contributed by atoms with van der Waals surface area (Å²) in [6.07, 6.45) is 8.09. The maximum Gasteiger partial charge on any atom is 0.0396 e. The molecule has 0 fully saturated rings. The molecule has 1 heteroatoms. The normalized spacial score (nSPS) is 15.2. The number of rotatable bonds is 1. The van der Waals surface area contributed by atoms with E-state index in [2.05, 4.69) is 140 Å². The number of allylic oxidation sites excluding steroid dienone is 2. The van der Waals surface area contributed by atoms with Crippen molar-refractivity contribution in [2.45, 2.75) is 32.1 Å². The molecular weight excluding hydrogens is 549 g/mol. The first-order valence-corrected chi connectivity index (χ1v) is 16.6. The maximum absolute atomic E-state index is 2.43. The summed E-state index contributed by atoms with van der Waals surface area (Å²) in [6.45, 7) is 2.38. The van der Waals surface area contributed by atoms with Crippen LogP contribution in [0.25, 0.3) is 74.7 Å². The molecule has 1 atom stereocenters. The lowest BCUT2D eigenvalue weighted by atomic mass is 9.85. The summed E-state index contributed by atoms with van der Waals surface area (Å²) in [7, 11) is 0. The average molecular weight is 581 g/mol. The molecule has 7 aromatic carbocycles. The Morgan fingerprint density at radius 1 is 0.523 bits per heavy atom. The molecule has 0 saturated carbocycles. The van der Waals surface area contributed by atoms with Crippen LogP contribution in [-0.2, 0) is 6.42 Å². The Morgan fingerprint density at radius 2 is 1.14 bits per heavy atom. The second-order valence-electron chi connectivity index (χ2n) is 12.4. The van der Waals surface area contributed by atoms with Crippen molar-refractivity contribution in [3.8, 4) is 22.3 Å². The fourth-order valence-corrected chi connectivity index (χ4v) is 8.85. The zero-order valence-corrected chi connectivity index (χ0v) is 25.6. The van der Waals surface area contributed by atoms with Crippen LogP contribution in [0.1, 0.15) is 36.8 Å².